The highest BCUT2D eigenvalue weighted by atomic mass is 32.2. The molecule has 0 heterocycles. The molecule has 0 aliphatic carbocycles. The monoisotopic (exact) mass is 1390 g/mol. The first-order valence-electron chi connectivity index (χ1n) is 36.1. The number of benzene rings is 1. The number of hydrogen-bond donors (Lipinski definition) is 0. The highest BCUT2D eigenvalue weighted by Crippen LogP contribution is 2.39. The van der Waals surface area contributed by atoms with E-state index in [1.54, 1.807) is 24.3 Å². The van der Waals surface area contributed by atoms with Crippen molar-refractivity contribution in [3.63, 3.8) is 0 Å². The van der Waals surface area contributed by atoms with Gasteiger partial charge in [0.1, 0.15) is 24.7 Å². The molecule has 4 atom stereocenters. The smallest absolute Gasteiger partial charge is 0.297 e. The van der Waals surface area contributed by atoms with Crippen LogP contribution >= 0.6 is 0 Å². The van der Waals surface area contributed by atoms with E-state index in [4.69, 9.17) is 40.8 Å². The van der Waals surface area contributed by atoms with Gasteiger partial charge in [-0.05, 0) is 157 Å². The highest BCUT2D eigenvalue weighted by Gasteiger charge is 2.40. The zero-order chi connectivity index (χ0) is 70.8. The molecule has 0 N–H and O–H groups in total. The minimum Gasteiger partial charge on any atom is -0.416 e. The van der Waals surface area contributed by atoms with Crippen molar-refractivity contribution in [3.05, 3.63) is 29.8 Å². The van der Waals surface area contributed by atoms with E-state index in [0.29, 0.717) is 59.4 Å². The topological polar surface area (TPSA) is 133 Å². The Morgan fingerprint density at radius 3 is 1.05 bits per heavy atom. The van der Waals surface area contributed by atoms with Gasteiger partial charge in [0.15, 0.2) is 33.3 Å². The second-order valence-electron chi connectivity index (χ2n) is 31.8. The van der Waals surface area contributed by atoms with E-state index in [0.717, 1.165) is 123 Å². The van der Waals surface area contributed by atoms with E-state index in [2.05, 4.69) is 215 Å². The fourth-order valence-electron chi connectivity index (χ4n) is 9.27. The Morgan fingerprint density at radius 1 is 0.391 bits per heavy atom. The molecule has 1 rings (SSSR count). The molecule has 0 aliphatic heterocycles. The Hall–Kier alpha value is -0.522. The van der Waals surface area contributed by atoms with Crippen LogP contribution in [0.4, 0.5) is 0 Å². The summed E-state index contributed by atoms with van der Waals surface area (Å²) in [6, 6.07) is 6.72. The Morgan fingerprint density at radius 2 is 0.707 bits per heavy atom. The van der Waals surface area contributed by atoms with Crippen LogP contribution in [0.15, 0.2) is 29.2 Å². The predicted octanol–water partition coefficient (Wildman–Crippen LogP) is 16.2. The summed E-state index contributed by atoms with van der Waals surface area (Å²) in [4.78, 5) is 12.3. The van der Waals surface area contributed by atoms with Gasteiger partial charge in [-0.1, -0.05) is 142 Å². The number of rotatable bonds is 50. The normalized spacial score (nSPS) is 15.1. The summed E-state index contributed by atoms with van der Waals surface area (Å²) in [5.41, 5.74) is 1.03. The van der Waals surface area contributed by atoms with E-state index in [9.17, 15) is 8.42 Å². The molecule has 0 radical (unpaired) electrons. The molecule has 16 nitrogen and oxygen atoms in total. The van der Waals surface area contributed by atoms with Crippen LogP contribution in [0.1, 0.15) is 183 Å². The van der Waals surface area contributed by atoms with E-state index < -0.39 is 43.4 Å². The fourth-order valence-corrected chi connectivity index (χ4v) is 14.3. The molecular formula is C71H151N5O11SSi4. The molecular weight excluding hydrogens is 1240 g/mol. The van der Waals surface area contributed by atoms with Crippen LogP contribution in [0.2, 0.25) is 72.5 Å². The van der Waals surface area contributed by atoms with E-state index in [-0.39, 0.29) is 56.3 Å². The third-order valence-corrected chi connectivity index (χ3v) is 39.2. The molecule has 0 spiro atoms. The average molecular weight is 1400 g/mol. The minimum absolute atomic E-state index is 0.0526. The molecule has 0 bridgehead atoms. The van der Waals surface area contributed by atoms with Gasteiger partial charge in [0.25, 0.3) is 10.1 Å². The number of hydrogen-bond acceptors (Lipinski definition) is 16. The van der Waals surface area contributed by atoms with Gasteiger partial charge in [0, 0.05) is 98.4 Å². The van der Waals surface area contributed by atoms with Gasteiger partial charge in [0.2, 0.25) is 0 Å². The lowest BCUT2D eigenvalue weighted by molar-refractivity contribution is -0.188. The highest BCUT2D eigenvalue weighted by molar-refractivity contribution is 7.86. The van der Waals surface area contributed by atoms with Crippen molar-refractivity contribution in [1.82, 2.24) is 24.5 Å². The molecule has 1 aromatic rings. The summed E-state index contributed by atoms with van der Waals surface area (Å²) in [7, 11) is -11.3. The Balaban J connectivity index is 0.00000348. The van der Waals surface area contributed by atoms with Crippen LogP contribution in [-0.4, -0.2) is 235 Å². The first-order valence-corrected chi connectivity index (χ1v) is 49.1. The lowest BCUT2D eigenvalue weighted by Crippen LogP contribution is -2.48. The molecule has 0 aromatic heterocycles. The maximum atomic E-state index is 12.0. The van der Waals surface area contributed by atoms with Crippen molar-refractivity contribution < 1.29 is 49.3 Å². The maximum absolute atomic E-state index is 12.0. The van der Waals surface area contributed by atoms with Gasteiger partial charge in [0.05, 0.1) is 37.9 Å². The molecule has 0 amide bonds. The summed E-state index contributed by atoms with van der Waals surface area (Å²) in [6.07, 6.45) is 5.51. The SMILES string of the molecule is CCCN(CCC)C(C)OCC(OC(C)N(CCC)CCC)C(COCCN(CCO[Si](C)(C)C(C)(C)C)CCO[Si](C)(C)C(C)(C)C)OCCN(CCO[Si](C)(C)C(C)(C)C)CCO[Si](C)(C)C(C)(C)C.CCCN(CCC)CCOS(=O)(=O)c1ccc(C)cc1. The zero-order valence-corrected chi connectivity index (χ0v) is 70.4. The molecule has 0 aliphatic rings. The van der Waals surface area contributed by atoms with Crippen LogP contribution in [0.3, 0.4) is 0 Å². The van der Waals surface area contributed by atoms with E-state index in [1.165, 1.54) is 0 Å². The van der Waals surface area contributed by atoms with Gasteiger partial charge in [-0.3, -0.25) is 23.8 Å². The number of aryl methyl sites for hydroxylation is 1. The molecule has 548 valence electrons. The minimum atomic E-state index is -3.63. The van der Waals surface area contributed by atoms with Gasteiger partial charge < -0.3 is 41.6 Å². The first kappa shape index (κ1) is 91.5. The van der Waals surface area contributed by atoms with Crippen molar-refractivity contribution in [2.45, 2.75) is 286 Å². The summed E-state index contributed by atoms with van der Waals surface area (Å²) in [5.74, 6) is 0. The lowest BCUT2D eigenvalue weighted by atomic mass is 10.2. The molecule has 0 saturated carbocycles. The van der Waals surface area contributed by atoms with Gasteiger partial charge in [-0.25, -0.2) is 0 Å². The third-order valence-electron chi connectivity index (χ3n) is 19.7. The van der Waals surface area contributed by atoms with Crippen LogP contribution in [0.5, 0.6) is 0 Å². The third kappa shape index (κ3) is 36.5. The fraction of sp³-hybridized carbons (Fsp3) is 0.915. The standard InChI is InChI=1S/C56H126N4O8Si4.C15H25NO3S/c1-27-31-59(32-28-2)49(5)63-48-52(68-50(6)60(33-29-3)34-30-4)51(62-42-36-58(39-45-66-71(23,24)55(13,14)15)40-46-67-72(25,26)56(16,17)18)47-61-41-35-57(37-43-64-69(19,20)53(7,8)9)38-44-65-70(21,22)54(10,11)12;1-4-10-16(11-5-2)12-13-19-20(17,18)15-8-6-14(3)7-9-15/h49-52H,27-48H2,1-26H3;6-9H,4-5,10-13H2,1-3H3. The molecule has 92 heavy (non-hydrogen) atoms. The summed E-state index contributed by atoms with van der Waals surface area (Å²) >= 11 is 0. The molecule has 0 fully saturated rings. The molecule has 1 aromatic carbocycles. The average Bonchev–Trinajstić information content (AvgIpc) is 1.12. The second-order valence-corrected chi connectivity index (χ2v) is 52.7. The van der Waals surface area contributed by atoms with Gasteiger partial charge in [-0.2, -0.15) is 8.42 Å². The van der Waals surface area contributed by atoms with Crippen LogP contribution in [0.25, 0.3) is 0 Å². The van der Waals surface area contributed by atoms with Crippen molar-refractivity contribution in [2.75, 3.05) is 145 Å². The van der Waals surface area contributed by atoms with Crippen molar-refractivity contribution in [1.29, 1.82) is 0 Å². The predicted molar refractivity (Wildman–Crippen MR) is 401 cm³/mol. The Labute approximate surface area is 574 Å². The van der Waals surface area contributed by atoms with E-state index >= 15 is 0 Å². The number of ether oxygens (including phenoxy) is 4. The van der Waals surface area contributed by atoms with Crippen LogP contribution in [0, 0.1) is 6.92 Å². The first-order chi connectivity index (χ1) is 42.4. The second kappa shape index (κ2) is 44.6. The molecule has 0 saturated heterocycles. The zero-order valence-electron chi connectivity index (χ0n) is 65.6. The molecule has 4 unspecified atom stereocenters. The quantitative estimate of drug-likeness (QED) is 0.0265. The Kier molecular flexibility index (Phi) is 44.3. The van der Waals surface area contributed by atoms with Crippen LogP contribution in [-0.2, 0) is 51.0 Å². The Bertz CT molecular complexity index is 2060. The van der Waals surface area contributed by atoms with Crippen LogP contribution < -0.4 is 0 Å². The largest absolute Gasteiger partial charge is 0.416 e. The lowest BCUT2D eigenvalue weighted by Gasteiger charge is -2.38. The van der Waals surface area contributed by atoms with Crippen molar-refractivity contribution >= 4 is 43.4 Å². The molecule has 21 heteroatoms. The van der Waals surface area contributed by atoms with Gasteiger partial charge in [-0.15, -0.1) is 0 Å². The van der Waals surface area contributed by atoms with Crippen molar-refractivity contribution in [2.24, 2.45) is 0 Å². The summed E-state index contributed by atoms with van der Waals surface area (Å²) in [5, 5.41) is 0.601. The van der Waals surface area contributed by atoms with Crippen molar-refractivity contribution in [3.8, 4) is 0 Å². The number of nitrogens with zero attached hydrogens (tertiary/aromatic N) is 5. The maximum Gasteiger partial charge on any atom is 0.297 e. The summed E-state index contributed by atoms with van der Waals surface area (Å²) in [6.45, 7) is 82.1. The summed E-state index contributed by atoms with van der Waals surface area (Å²) < 4.78 is 83.9. The van der Waals surface area contributed by atoms with Gasteiger partial charge >= 0.3 is 0 Å². The van der Waals surface area contributed by atoms with E-state index in [1.807, 2.05) is 6.92 Å².